The van der Waals surface area contributed by atoms with Crippen molar-refractivity contribution in [2.45, 2.75) is 26.3 Å². The number of hydrogen-bond donors (Lipinski definition) is 0. The lowest BCUT2D eigenvalue weighted by Gasteiger charge is -2.33. The summed E-state index contributed by atoms with van der Waals surface area (Å²) in [5.74, 6) is 1.70. The Balaban J connectivity index is 2.01. The van der Waals surface area contributed by atoms with Gasteiger partial charge in [0.15, 0.2) is 0 Å². The van der Waals surface area contributed by atoms with E-state index in [4.69, 9.17) is 4.74 Å². The van der Waals surface area contributed by atoms with E-state index < -0.39 is 0 Å². The van der Waals surface area contributed by atoms with E-state index in [2.05, 4.69) is 18.7 Å². The average Bonchev–Trinajstić information content (AvgIpc) is 2.47. The predicted molar refractivity (Wildman–Crippen MR) is 49.1 cm³/mol. The monoisotopic (exact) mass is 169 g/mol. The summed E-state index contributed by atoms with van der Waals surface area (Å²) < 4.78 is 5.52. The summed E-state index contributed by atoms with van der Waals surface area (Å²) in [7, 11) is 0. The minimum absolute atomic E-state index is 0.735. The van der Waals surface area contributed by atoms with Crippen molar-refractivity contribution in [3.63, 3.8) is 0 Å². The van der Waals surface area contributed by atoms with Crippen LogP contribution in [0.25, 0.3) is 0 Å². The van der Waals surface area contributed by atoms with Crippen molar-refractivity contribution in [1.29, 1.82) is 0 Å². The lowest BCUT2D eigenvalue weighted by atomic mass is 9.89. The fraction of sp³-hybridized carbons (Fsp3) is 1.00. The van der Waals surface area contributed by atoms with Crippen LogP contribution in [-0.2, 0) is 4.74 Å². The van der Waals surface area contributed by atoms with Crippen LogP contribution < -0.4 is 0 Å². The Bertz CT molecular complexity index is 158. The summed E-state index contributed by atoms with van der Waals surface area (Å²) in [6, 6.07) is 0.735. The maximum atomic E-state index is 5.52. The molecule has 2 nitrogen and oxygen atoms in total. The van der Waals surface area contributed by atoms with E-state index in [-0.39, 0.29) is 0 Å². The van der Waals surface area contributed by atoms with Crippen molar-refractivity contribution in [1.82, 2.24) is 4.90 Å². The average molecular weight is 169 g/mol. The third-order valence-electron chi connectivity index (χ3n) is 3.38. The second kappa shape index (κ2) is 3.35. The molecule has 70 valence electrons. The molecule has 0 aromatic carbocycles. The second-order valence-corrected chi connectivity index (χ2v) is 4.37. The smallest absolute Gasteiger partial charge is 0.0625 e. The van der Waals surface area contributed by atoms with Crippen LogP contribution in [0, 0.1) is 11.8 Å². The normalized spacial score (nSPS) is 37.2. The van der Waals surface area contributed by atoms with Gasteiger partial charge in [-0.15, -0.1) is 0 Å². The molecule has 0 spiro atoms. The summed E-state index contributed by atoms with van der Waals surface area (Å²) in [4.78, 5) is 2.61. The number of hydrogen-bond acceptors (Lipinski definition) is 2. The zero-order valence-corrected chi connectivity index (χ0v) is 8.12. The Hall–Kier alpha value is -0.0800. The standard InChI is InChI=1S/C10H19NO/c1-8(2)9-3-4-11-5-6-12-7-10(9)11/h8-10H,3-7H2,1-2H3. The Morgan fingerprint density at radius 2 is 2.17 bits per heavy atom. The Morgan fingerprint density at radius 3 is 2.92 bits per heavy atom. The molecule has 0 amide bonds. The van der Waals surface area contributed by atoms with Gasteiger partial charge < -0.3 is 4.74 Å². The number of morpholine rings is 1. The summed E-state index contributed by atoms with van der Waals surface area (Å²) in [6.07, 6.45) is 1.38. The van der Waals surface area contributed by atoms with Gasteiger partial charge in [0, 0.05) is 12.6 Å². The highest BCUT2D eigenvalue weighted by Gasteiger charge is 2.37. The predicted octanol–water partition coefficient (Wildman–Crippen LogP) is 1.36. The molecule has 0 aromatic heterocycles. The molecule has 0 bridgehead atoms. The van der Waals surface area contributed by atoms with E-state index >= 15 is 0 Å². The molecule has 12 heavy (non-hydrogen) atoms. The number of nitrogens with zero attached hydrogens (tertiary/aromatic N) is 1. The first kappa shape index (κ1) is 8.52. The van der Waals surface area contributed by atoms with Gasteiger partial charge in [-0.1, -0.05) is 13.8 Å². The molecule has 2 atom stereocenters. The third-order valence-corrected chi connectivity index (χ3v) is 3.38. The lowest BCUT2D eigenvalue weighted by Crippen LogP contribution is -2.44. The number of rotatable bonds is 1. The molecule has 2 aliphatic rings. The van der Waals surface area contributed by atoms with Gasteiger partial charge in [-0.25, -0.2) is 0 Å². The van der Waals surface area contributed by atoms with Crippen LogP contribution in [0.1, 0.15) is 20.3 Å². The molecule has 0 aliphatic carbocycles. The molecule has 2 fully saturated rings. The second-order valence-electron chi connectivity index (χ2n) is 4.37. The molecule has 2 aliphatic heterocycles. The minimum Gasteiger partial charge on any atom is -0.378 e. The van der Waals surface area contributed by atoms with Gasteiger partial charge in [-0.2, -0.15) is 0 Å². The Morgan fingerprint density at radius 1 is 1.33 bits per heavy atom. The molecule has 2 unspecified atom stereocenters. The molecular formula is C10H19NO. The minimum atomic E-state index is 0.735. The largest absolute Gasteiger partial charge is 0.378 e. The SMILES string of the molecule is CC(C)C1CCN2CCOCC12. The number of fused-ring (bicyclic) bond motifs is 1. The molecule has 0 N–H and O–H groups in total. The number of ether oxygens (including phenoxy) is 1. The third kappa shape index (κ3) is 1.38. The highest BCUT2D eigenvalue weighted by Crippen LogP contribution is 2.31. The van der Waals surface area contributed by atoms with Gasteiger partial charge in [0.05, 0.1) is 13.2 Å². The van der Waals surface area contributed by atoms with E-state index in [1.807, 2.05) is 0 Å². The van der Waals surface area contributed by atoms with Crippen molar-refractivity contribution in [3.8, 4) is 0 Å². The lowest BCUT2D eigenvalue weighted by molar-refractivity contribution is -0.00473. The van der Waals surface area contributed by atoms with Crippen LogP contribution in [-0.4, -0.2) is 37.2 Å². The van der Waals surface area contributed by atoms with E-state index in [0.29, 0.717) is 0 Å². The molecule has 0 aromatic rings. The molecule has 2 heterocycles. The van der Waals surface area contributed by atoms with Gasteiger partial charge in [0.2, 0.25) is 0 Å². The van der Waals surface area contributed by atoms with E-state index in [1.165, 1.54) is 13.0 Å². The fourth-order valence-electron chi connectivity index (χ4n) is 2.61. The van der Waals surface area contributed by atoms with E-state index in [0.717, 1.165) is 37.6 Å². The molecular weight excluding hydrogens is 150 g/mol. The molecule has 2 heteroatoms. The molecule has 2 saturated heterocycles. The van der Waals surface area contributed by atoms with Crippen LogP contribution >= 0.6 is 0 Å². The van der Waals surface area contributed by atoms with Crippen molar-refractivity contribution in [2.24, 2.45) is 11.8 Å². The highest BCUT2D eigenvalue weighted by atomic mass is 16.5. The van der Waals surface area contributed by atoms with Crippen molar-refractivity contribution in [3.05, 3.63) is 0 Å². The first-order valence-corrected chi connectivity index (χ1v) is 5.11. The van der Waals surface area contributed by atoms with Gasteiger partial charge in [0.1, 0.15) is 0 Å². The maximum absolute atomic E-state index is 5.52. The van der Waals surface area contributed by atoms with Gasteiger partial charge >= 0.3 is 0 Å². The zero-order chi connectivity index (χ0) is 8.55. The molecule has 0 radical (unpaired) electrons. The first-order valence-electron chi connectivity index (χ1n) is 5.11. The van der Waals surface area contributed by atoms with E-state index in [9.17, 15) is 0 Å². The van der Waals surface area contributed by atoms with Gasteiger partial charge in [-0.05, 0) is 24.8 Å². The summed E-state index contributed by atoms with van der Waals surface area (Å²) >= 11 is 0. The van der Waals surface area contributed by atoms with Gasteiger partial charge in [-0.3, -0.25) is 4.90 Å². The first-order chi connectivity index (χ1) is 5.79. The van der Waals surface area contributed by atoms with Crippen LogP contribution in [0.3, 0.4) is 0 Å². The topological polar surface area (TPSA) is 12.5 Å². The Kier molecular flexibility index (Phi) is 2.37. The Labute approximate surface area is 74.9 Å². The van der Waals surface area contributed by atoms with Crippen molar-refractivity contribution in [2.75, 3.05) is 26.3 Å². The maximum Gasteiger partial charge on any atom is 0.0625 e. The van der Waals surface area contributed by atoms with Crippen molar-refractivity contribution < 1.29 is 4.74 Å². The summed E-state index contributed by atoms with van der Waals surface area (Å²) in [6.45, 7) is 9.06. The van der Waals surface area contributed by atoms with Gasteiger partial charge in [0.25, 0.3) is 0 Å². The zero-order valence-electron chi connectivity index (χ0n) is 8.12. The molecule has 0 saturated carbocycles. The van der Waals surface area contributed by atoms with Crippen LogP contribution in [0.4, 0.5) is 0 Å². The van der Waals surface area contributed by atoms with E-state index in [1.54, 1.807) is 0 Å². The quantitative estimate of drug-likeness (QED) is 0.587. The van der Waals surface area contributed by atoms with Crippen LogP contribution in [0.5, 0.6) is 0 Å². The van der Waals surface area contributed by atoms with Crippen LogP contribution in [0.15, 0.2) is 0 Å². The van der Waals surface area contributed by atoms with Crippen LogP contribution in [0.2, 0.25) is 0 Å². The summed E-state index contributed by atoms with van der Waals surface area (Å²) in [5.41, 5.74) is 0. The van der Waals surface area contributed by atoms with Crippen molar-refractivity contribution >= 4 is 0 Å². The highest BCUT2D eigenvalue weighted by molar-refractivity contribution is 4.90. The fourth-order valence-corrected chi connectivity index (χ4v) is 2.61. The molecule has 2 rings (SSSR count). The summed E-state index contributed by atoms with van der Waals surface area (Å²) in [5, 5.41) is 0.